The third-order valence-corrected chi connectivity index (χ3v) is 2.55. The molecule has 2 N–H and O–H groups in total. The van der Waals surface area contributed by atoms with Crippen LogP contribution in [0.25, 0.3) is 0 Å². The van der Waals surface area contributed by atoms with Crippen LogP contribution in [0.1, 0.15) is 24.5 Å². The van der Waals surface area contributed by atoms with Gasteiger partial charge in [-0.1, -0.05) is 13.0 Å². The highest BCUT2D eigenvalue weighted by Gasteiger charge is 1.99. The van der Waals surface area contributed by atoms with Crippen LogP contribution in [-0.2, 0) is 4.74 Å². The molecule has 1 unspecified atom stereocenters. The molecule has 0 aliphatic carbocycles. The van der Waals surface area contributed by atoms with E-state index in [-0.39, 0.29) is 6.04 Å². The molecule has 0 saturated heterocycles. The quantitative estimate of drug-likeness (QED) is 0.741. The third-order valence-electron chi connectivity index (χ3n) is 2.55. The fraction of sp³-hybridized carbons (Fsp3) is 0.571. The lowest BCUT2D eigenvalue weighted by molar-refractivity contribution is 0.0897. The van der Waals surface area contributed by atoms with Gasteiger partial charge in [0.05, 0.1) is 13.2 Å². The van der Waals surface area contributed by atoms with Crippen LogP contribution in [0.5, 0.6) is 5.75 Å². The number of ether oxygens (including phenoxy) is 2. The Balaban J connectivity index is 2.22. The lowest BCUT2D eigenvalue weighted by Gasteiger charge is -2.11. The van der Waals surface area contributed by atoms with Gasteiger partial charge in [-0.3, -0.25) is 0 Å². The van der Waals surface area contributed by atoms with Crippen LogP contribution in [0.3, 0.4) is 0 Å². The van der Waals surface area contributed by atoms with Crippen LogP contribution >= 0.6 is 0 Å². The van der Waals surface area contributed by atoms with Gasteiger partial charge < -0.3 is 15.2 Å². The van der Waals surface area contributed by atoms with Crippen molar-refractivity contribution in [1.82, 2.24) is 0 Å². The van der Waals surface area contributed by atoms with Crippen LogP contribution in [0.15, 0.2) is 18.2 Å². The Morgan fingerprint density at radius 3 is 2.35 bits per heavy atom. The first-order chi connectivity index (χ1) is 8.11. The highest BCUT2D eigenvalue weighted by Crippen LogP contribution is 2.15. The lowest BCUT2D eigenvalue weighted by Crippen LogP contribution is -2.26. The molecule has 0 spiro atoms. The summed E-state index contributed by atoms with van der Waals surface area (Å²) in [6.07, 6.45) is 0.942. The Morgan fingerprint density at radius 1 is 1.12 bits per heavy atom. The van der Waals surface area contributed by atoms with Crippen LogP contribution < -0.4 is 10.5 Å². The van der Waals surface area contributed by atoms with Gasteiger partial charge in [-0.2, -0.15) is 0 Å². The Bertz CT molecular complexity index is 319. The van der Waals surface area contributed by atoms with Crippen molar-refractivity contribution < 1.29 is 9.47 Å². The van der Waals surface area contributed by atoms with E-state index < -0.39 is 0 Å². The van der Waals surface area contributed by atoms with Gasteiger partial charge >= 0.3 is 0 Å². The number of rotatable bonds is 7. The summed E-state index contributed by atoms with van der Waals surface area (Å²) in [6.45, 7) is 7.94. The van der Waals surface area contributed by atoms with Crippen molar-refractivity contribution in [3.63, 3.8) is 0 Å². The summed E-state index contributed by atoms with van der Waals surface area (Å²) >= 11 is 0. The molecule has 1 aromatic rings. The summed E-state index contributed by atoms with van der Waals surface area (Å²) in [5, 5.41) is 0. The van der Waals surface area contributed by atoms with Gasteiger partial charge in [0.25, 0.3) is 0 Å². The van der Waals surface area contributed by atoms with Gasteiger partial charge in [-0.25, -0.2) is 0 Å². The van der Waals surface area contributed by atoms with Crippen molar-refractivity contribution in [3.8, 4) is 5.75 Å². The minimum Gasteiger partial charge on any atom is -0.491 e. The standard InChI is InChI=1S/C14H23NO2/c1-4-13(15)10-16-5-6-17-14-8-11(2)7-12(3)9-14/h7-9,13H,4-6,10,15H2,1-3H3. The molecule has 1 atom stereocenters. The second-order valence-corrected chi connectivity index (χ2v) is 4.42. The fourth-order valence-electron chi connectivity index (χ4n) is 1.59. The average molecular weight is 237 g/mol. The van der Waals surface area contributed by atoms with Crippen molar-refractivity contribution in [3.05, 3.63) is 29.3 Å². The molecule has 96 valence electrons. The summed E-state index contributed by atoms with van der Waals surface area (Å²) in [6, 6.07) is 6.33. The molecule has 0 amide bonds. The zero-order chi connectivity index (χ0) is 12.7. The number of hydrogen-bond donors (Lipinski definition) is 1. The second-order valence-electron chi connectivity index (χ2n) is 4.42. The minimum absolute atomic E-state index is 0.135. The van der Waals surface area contributed by atoms with E-state index in [9.17, 15) is 0 Å². The normalized spacial score (nSPS) is 12.5. The molecule has 1 rings (SSSR count). The average Bonchev–Trinajstić information content (AvgIpc) is 2.27. The van der Waals surface area contributed by atoms with Crippen LogP contribution in [0.4, 0.5) is 0 Å². The van der Waals surface area contributed by atoms with Crippen LogP contribution in [0.2, 0.25) is 0 Å². The van der Waals surface area contributed by atoms with Gasteiger partial charge in [0.1, 0.15) is 12.4 Å². The smallest absolute Gasteiger partial charge is 0.119 e. The van der Waals surface area contributed by atoms with E-state index in [0.29, 0.717) is 19.8 Å². The van der Waals surface area contributed by atoms with Gasteiger partial charge in [-0.05, 0) is 43.5 Å². The summed E-state index contributed by atoms with van der Waals surface area (Å²) < 4.78 is 11.0. The number of hydrogen-bond acceptors (Lipinski definition) is 3. The monoisotopic (exact) mass is 237 g/mol. The van der Waals surface area contributed by atoms with Gasteiger partial charge in [0.2, 0.25) is 0 Å². The molecular weight excluding hydrogens is 214 g/mol. The van der Waals surface area contributed by atoms with Crippen molar-refractivity contribution in [2.24, 2.45) is 5.73 Å². The first kappa shape index (κ1) is 14.0. The number of benzene rings is 1. The van der Waals surface area contributed by atoms with Crippen molar-refractivity contribution in [2.45, 2.75) is 33.2 Å². The van der Waals surface area contributed by atoms with Gasteiger partial charge in [0, 0.05) is 6.04 Å². The first-order valence-corrected chi connectivity index (χ1v) is 6.16. The summed E-state index contributed by atoms with van der Waals surface area (Å²) in [5.41, 5.74) is 8.17. The Kier molecular flexibility index (Phi) is 6.01. The van der Waals surface area contributed by atoms with Crippen molar-refractivity contribution in [1.29, 1.82) is 0 Å². The number of nitrogens with two attached hydrogens (primary N) is 1. The van der Waals surface area contributed by atoms with Crippen LogP contribution in [-0.4, -0.2) is 25.9 Å². The third kappa shape index (κ3) is 5.71. The molecule has 0 aliphatic heterocycles. The van der Waals surface area contributed by atoms with Gasteiger partial charge in [0.15, 0.2) is 0 Å². The molecule has 1 aromatic carbocycles. The van der Waals surface area contributed by atoms with E-state index in [1.165, 1.54) is 11.1 Å². The maximum Gasteiger partial charge on any atom is 0.119 e. The minimum atomic E-state index is 0.135. The Labute approximate surface area is 104 Å². The topological polar surface area (TPSA) is 44.5 Å². The zero-order valence-corrected chi connectivity index (χ0v) is 11.0. The van der Waals surface area contributed by atoms with E-state index in [2.05, 4.69) is 26.8 Å². The summed E-state index contributed by atoms with van der Waals surface area (Å²) in [7, 11) is 0. The molecule has 0 bridgehead atoms. The van der Waals surface area contributed by atoms with Crippen molar-refractivity contribution >= 4 is 0 Å². The van der Waals surface area contributed by atoms with E-state index in [1.54, 1.807) is 0 Å². The maximum atomic E-state index is 5.74. The molecule has 3 heteroatoms. The molecule has 17 heavy (non-hydrogen) atoms. The zero-order valence-electron chi connectivity index (χ0n) is 11.0. The Morgan fingerprint density at radius 2 is 1.76 bits per heavy atom. The largest absolute Gasteiger partial charge is 0.491 e. The maximum absolute atomic E-state index is 5.74. The molecule has 0 heterocycles. The summed E-state index contributed by atoms with van der Waals surface area (Å²) in [5.74, 6) is 0.908. The highest BCUT2D eigenvalue weighted by molar-refractivity contribution is 5.32. The van der Waals surface area contributed by atoms with E-state index >= 15 is 0 Å². The van der Waals surface area contributed by atoms with Crippen molar-refractivity contribution in [2.75, 3.05) is 19.8 Å². The Hall–Kier alpha value is -1.06. The predicted molar refractivity (Wildman–Crippen MR) is 70.5 cm³/mol. The lowest BCUT2D eigenvalue weighted by atomic mass is 10.1. The van der Waals surface area contributed by atoms with E-state index in [4.69, 9.17) is 15.2 Å². The molecule has 0 aromatic heterocycles. The first-order valence-electron chi connectivity index (χ1n) is 6.16. The van der Waals surface area contributed by atoms with Gasteiger partial charge in [-0.15, -0.1) is 0 Å². The summed E-state index contributed by atoms with van der Waals surface area (Å²) in [4.78, 5) is 0. The molecule has 0 aliphatic rings. The molecule has 0 fully saturated rings. The fourth-order valence-corrected chi connectivity index (χ4v) is 1.59. The molecule has 0 saturated carbocycles. The van der Waals surface area contributed by atoms with E-state index in [0.717, 1.165) is 12.2 Å². The van der Waals surface area contributed by atoms with E-state index in [1.807, 2.05) is 12.1 Å². The SMILES string of the molecule is CCC(N)COCCOc1cc(C)cc(C)c1. The predicted octanol–water partition coefficient (Wildman–Crippen LogP) is 2.44. The second kappa shape index (κ2) is 7.30. The number of aryl methyl sites for hydroxylation is 2. The molecular formula is C14H23NO2. The van der Waals surface area contributed by atoms with Crippen LogP contribution in [0, 0.1) is 13.8 Å². The highest BCUT2D eigenvalue weighted by atomic mass is 16.5. The molecule has 0 radical (unpaired) electrons. The molecule has 3 nitrogen and oxygen atoms in total.